The summed E-state index contributed by atoms with van der Waals surface area (Å²) in [6.07, 6.45) is 6.17. The molecule has 0 spiro atoms. The van der Waals surface area contributed by atoms with Gasteiger partial charge in [0.1, 0.15) is 6.04 Å². The fourth-order valence-electron chi connectivity index (χ4n) is 3.70. The standard InChI is InChI=1S/C18H22N6O3S/c1-4-11(15(25)21-17-20-10-7-5-6-8-12(10)28-17)24-9-19-14-13(24)16(26)23(3)18(27)22(14)2/h9,11H,4-8H2,1-3H3,(H,20,21,25)/t11-/m0/s1. The highest BCUT2D eigenvalue weighted by molar-refractivity contribution is 7.15. The summed E-state index contributed by atoms with van der Waals surface area (Å²) in [5, 5.41) is 3.50. The van der Waals surface area contributed by atoms with Crippen LogP contribution in [0, 0.1) is 0 Å². The second-order valence-electron chi connectivity index (χ2n) is 7.04. The number of nitrogens with zero attached hydrogens (tertiary/aromatic N) is 5. The Labute approximate surface area is 164 Å². The minimum Gasteiger partial charge on any atom is -0.312 e. The van der Waals surface area contributed by atoms with E-state index in [-0.39, 0.29) is 17.1 Å². The summed E-state index contributed by atoms with van der Waals surface area (Å²) >= 11 is 1.52. The van der Waals surface area contributed by atoms with Crippen molar-refractivity contribution in [3.63, 3.8) is 0 Å². The number of amides is 1. The predicted molar refractivity (Wildman–Crippen MR) is 107 cm³/mol. The first-order chi connectivity index (χ1) is 13.4. The number of hydrogen-bond acceptors (Lipinski definition) is 6. The second kappa shape index (κ2) is 7.01. The summed E-state index contributed by atoms with van der Waals surface area (Å²) in [5.74, 6) is -0.246. The summed E-state index contributed by atoms with van der Waals surface area (Å²) in [5.41, 5.74) is 0.672. The summed E-state index contributed by atoms with van der Waals surface area (Å²) in [6.45, 7) is 1.87. The minimum atomic E-state index is -0.629. The van der Waals surface area contributed by atoms with Crippen molar-refractivity contribution < 1.29 is 4.79 Å². The number of hydrogen-bond donors (Lipinski definition) is 1. The molecule has 148 valence electrons. The number of carbonyl (C=O) groups excluding carboxylic acids is 1. The Morgan fingerprint density at radius 2 is 2.00 bits per heavy atom. The molecule has 1 atom stereocenters. The molecule has 0 saturated heterocycles. The van der Waals surface area contributed by atoms with E-state index in [1.54, 1.807) is 11.6 Å². The largest absolute Gasteiger partial charge is 0.332 e. The first-order valence-corrected chi connectivity index (χ1v) is 10.2. The molecule has 3 heterocycles. The molecule has 0 unspecified atom stereocenters. The van der Waals surface area contributed by atoms with E-state index in [9.17, 15) is 14.4 Å². The van der Waals surface area contributed by atoms with Crippen LogP contribution in [0.4, 0.5) is 5.13 Å². The van der Waals surface area contributed by atoms with Crippen LogP contribution in [-0.2, 0) is 31.7 Å². The van der Waals surface area contributed by atoms with Gasteiger partial charge in [0.2, 0.25) is 5.91 Å². The van der Waals surface area contributed by atoms with Crippen LogP contribution in [0.2, 0.25) is 0 Å². The third-order valence-corrected chi connectivity index (χ3v) is 6.35. The smallest absolute Gasteiger partial charge is 0.312 e. The number of aryl methyl sites for hydroxylation is 3. The number of carbonyl (C=O) groups is 1. The van der Waals surface area contributed by atoms with E-state index in [0.717, 1.165) is 35.9 Å². The van der Waals surface area contributed by atoms with E-state index in [4.69, 9.17) is 0 Å². The van der Waals surface area contributed by atoms with Gasteiger partial charge in [0.25, 0.3) is 5.56 Å². The fourth-order valence-corrected chi connectivity index (χ4v) is 4.76. The van der Waals surface area contributed by atoms with Gasteiger partial charge in [0.05, 0.1) is 12.0 Å². The number of imidazole rings is 1. The van der Waals surface area contributed by atoms with Crippen LogP contribution < -0.4 is 16.6 Å². The second-order valence-corrected chi connectivity index (χ2v) is 8.12. The van der Waals surface area contributed by atoms with Crippen molar-refractivity contribution in [1.29, 1.82) is 0 Å². The van der Waals surface area contributed by atoms with Crippen molar-refractivity contribution in [3.8, 4) is 0 Å². The van der Waals surface area contributed by atoms with Gasteiger partial charge in [-0.1, -0.05) is 6.92 Å². The first kappa shape index (κ1) is 18.6. The maximum absolute atomic E-state index is 13.0. The molecule has 0 fully saturated rings. The zero-order chi connectivity index (χ0) is 20.0. The molecular formula is C18H22N6O3S. The number of thiazole rings is 1. The molecule has 1 aliphatic carbocycles. The number of anilines is 1. The molecule has 4 rings (SSSR count). The Balaban J connectivity index is 1.71. The van der Waals surface area contributed by atoms with E-state index in [1.807, 2.05) is 6.92 Å². The normalized spacial score (nSPS) is 14.8. The molecule has 0 bridgehead atoms. The maximum atomic E-state index is 13.0. The molecule has 3 aromatic rings. The maximum Gasteiger partial charge on any atom is 0.332 e. The van der Waals surface area contributed by atoms with Gasteiger partial charge in [-0.3, -0.25) is 18.7 Å². The molecule has 0 aliphatic heterocycles. The summed E-state index contributed by atoms with van der Waals surface area (Å²) in [6, 6.07) is -0.629. The van der Waals surface area contributed by atoms with Crippen LogP contribution >= 0.6 is 11.3 Å². The van der Waals surface area contributed by atoms with Crippen molar-refractivity contribution in [3.05, 3.63) is 37.7 Å². The molecular weight excluding hydrogens is 380 g/mol. The van der Waals surface area contributed by atoms with E-state index < -0.39 is 17.3 Å². The highest BCUT2D eigenvalue weighted by atomic mass is 32.1. The van der Waals surface area contributed by atoms with Crippen molar-refractivity contribution in [2.75, 3.05) is 5.32 Å². The lowest BCUT2D eigenvalue weighted by atomic mass is 10.0. The van der Waals surface area contributed by atoms with E-state index in [2.05, 4.69) is 15.3 Å². The molecule has 1 N–H and O–H groups in total. The number of aromatic nitrogens is 5. The van der Waals surface area contributed by atoms with Crippen LogP contribution in [0.3, 0.4) is 0 Å². The van der Waals surface area contributed by atoms with Crippen molar-refractivity contribution in [2.24, 2.45) is 14.1 Å². The molecule has 0 saturated carbocycles. The van der Waals surface area contributed by atoms with Crippen molar-refractivity contribution in [1.82, 2.24) is 23.7 Å². The van der Waals surface area contributed by atoms with E-state index >= 15 is 0 Å². The Kier molecular flexibility index (Phi) is 4.66. The van der Waals surface area contributed by atoms with Crippen LogP contribution in [0.25, 0.3) is 11.2 Å². The average molecular weight is 402 g/mol. The molecule has 1 amide bonds. The first-order valence-electron chi connectivity index (χ1n) is 9.34. The van der Waals surface area contributed by atoms with Crippen LogP contribution in [0.5, 0.6) is 0 Å². The van der Waals surface area contributed by atoms with E-state index in [1.165, 1.54) is 34.2 Å². The monoisotopic (exact) mass is 402 g/mol. The lowest BCUT2D eigenvalue weighted by Crippen LogP contribution is -2.38. The third-order valence-electron chi connectivity index (χ3n) is 5.27. The lowest BCUT2D eigenvalue weighted by Gasteiger charge is -2.16. The fraction of sp³-hybridized carbons (Fsp3) is 0.500. The number of nitrogens with one attached hydrogen (secondary N) is 1. The Morgan fingerprint density at radius 1 is 1.25 bits per heavy atom. The van der Waals surface area contributed by atoms with Gasteiger partial charge in [-0.25, -0.2) is 14.8 Å². The van der Waals surface area contributed by atoms with Gasteiger partial charge in [-0.15, -0.1) is 11.3 Å². The van der Waals surface area contributed by atoms with Gasteiger partial charge in [-0.2, -0.15) is 0 Å². The highest BCUT2D eigenvalue weighted by Gasteiger charge is 2.25. The SMILES string of the molecule is CC[C@@H](C(=O)Nc1nc2c(s1)CCCC2)n1cnc2c1c(=O)n(C)c(=O)n2C. The Bertz CT molecular complexity index is 1160. The molecule has 9 nitrogen and oxygen atoms in total. The zero-order valence-electron chi connectivity index (χ0n) is 16.1. The zero-order valence-corrected chi connectivity index (χ0v) is 16.9. The molecule has 28 heavy (non-hydrogen) atoms. The third kappa shape index (κ3) is 2.88. The number of fused-ring (bicyclic) bond motifs is 2. The molecule has 0 radical (unpaired) electrons. The summed E-state index contributed by atoms with van der Waals surface area (Å²) in [7, 11) is 2.98. The van der Waals surface area contributed by atoms with Gasteiger partial charge in [0.15, 0.2) is 16.3 Å². The minimum absolute atomic E-state index is 0.241. The Hall–Kier alpha value is -2.75. The van der Waals surface area contributed by atoms with Gasteiger partial charge < -0.3 is 9.88 Å². The Morgan fingerprint density at radius 3 is 2.71 bits per heavy atom. The topological polar surface area (TPSA) is 104 Å². The summed E-state index contributed by atoms with van der Waals surface area (Å²) < 4.78 is 3.90. The van der Waals surface area contributed by atoms with E-state index in [0.29, 0.717) is 11.6 Å². The van der Waals surface area contributed by atoms with Crippen LogP contribution in [-0.4, -0.2) is 29.6 Å². The van der Waals surface area contributed by atoms with Crippen LogP contribution in [0.15, 0.2) is 15.9 Å². The average Bonchev–Trinajstić information content (AvgIpc) is 3.29. The molecule has 10 heteroatoms. The highest BCUT2D eigenvalue weighted by Crippen LogP contribution is 2.30. The quantitative estimate of drug-likeness (QED) is 0.710. The number of rotatable bonds is 4. The van der Waals surface area contributed by atoms with Crippen molar-refractivity contribution in [2.45, 2.75) is 45.1 Å². The molecule has 1 aliphatic rings. The molecule has 3 aromatic heterocycles. The van der Waals surface area contributed by atoms with Crippen LogP contribution in [0.1, 0.15) is 42.8 Å². The van der Waals surface area contributed by atoms with Gasteiger partial charge in [0, 0.05) is 19.0 Å². The van der Waals surface area contributed by atoms with Gasteiger partial charge >= 0.3 is 5.69 Å². The lowest BCUT2D eigenvalue weighted by molar-refractivity contribution is -0.119. The predicted octanol–water partition coefficient (Wildman–Crippen LogP) is 1.36. The van der Waals surface area contributed by atoms with Gasteiger partial charge in [-0.05, 0) is 32.1 Å². The molecule has 0 aromatic carbocycles. The van der Waals surface area contributed by atoms with Crippen molar-refractivity contribution >= 4 is 33.5 Å². The summed E-state index contributed by atoms with van der Waals surface area (Å²) in [4.78, 5) is 47.8.